The normalized spacial score (nSPS) is 17.4. The number of carbonyl (C=O) groups excluding carboxylic acids is 1. The molecule has 10 nitrogen and oxygen atoms in total. The average molecular weight is 599 g/mol. The van der Waals surface area contributed by atoms with E-state index in [1.165, 1.54) is 6.33 Å². The molecule has 0 radical (unpaired) electrons. The van der Waals surface area contributed by atoms with Gasteiger partial charge in [-0.15, -0.1) is 0 Å². The molecule has 0 unspecified atom stereocenters. The van der Waals surface area contributed by atoms with Gasteiger partial charge < -0.3 is 24.5 Å². The summed E-state index contributed by atoms with van der Waals surface area (Å²) in [6, 6.07) is 14.2. The molecule has 2 N–H and O–H groups in total. The number of nitrogens with one attached hydrogen (secondary N) is 2. The second kappa shape index (κ2) is 13.0. The predicted octanol–water partition coefficient (Wildman–Crippen LogP) is 5.05. The third-order valence-electron chi connectivity index (χ3n) is 6.87. The maximum Gasteiger partial charge on any atom is 0.196 e. The number of nitrogens with zero attached hydrogens (tertiary/aromatic N) is 2. The van der Waals surface area contributed by atoms with Crippen LogP contribution in [0.15, 0.2) is 61.1 Å². The van der Waals surface area contributed by atoms with Crippen LogP contribution in [0.25, 0.3) is 11.0 Å². The number of ketones is 1. The second-order valence-electron chi connectivity index (χ2n) is 9.72. The Morgan fingerprint density at radius 2 is 1.95 bits per heavy atom. The molecule has 0 bridgehead atoms. The fraction of sp³-hybridized carbons (Fsp3) is 0.345. The number of benzene rings is 2. The molecule has 12 heteroatoms. The zero-order valence-corrected chi connectivity index (χ0v) is 24.1. The monoisotopic (exact) mass is 598 g/mol. The minimum atomic E-state index is -3.05. The number of H-pyrrole nitrogens is 1. The highest BCUT2D eigenvalue weighted by Gasteiger charge is 2.25. The van der Waals surface area contributed by atoms with Crippen LogP contribution < -0.4 is 10.1 Å². The summed E-state index contributed by atoms with van der Waals surface area (Å²) in [7, 11) is -3.05. The van der Waals surface area contributed by atoms with Crippen molar-refractivity contribution in [1.82, 2.24) is 15.0 Å². The van der Waals surface area contributed by atoms with Gasteiger partial charge in [0.2, 0.25) is 0 Å². The van der Waals surface area contributed by atoms with Crippen LogP contribution in [-0.4, -0.2) is 72.6 Å². The number of para-hydroxylation sites is 1. The van der Waals surface area contributed by atoms with Gasteiger partial charge in [0.15, 0.2) is 15.6 Å². The summed E-state index contributed by atoms with van der Waals surface area (Å²) in [4.78, 5) is 25.4. The third-order valence-corrected chi connectivity index (χ3v) is 8.85. The van der Waals surface area contributed by atoms with Gasteiger partial charge in [0, 0.05) is 23.6 Å². The van der Waals surface area contributed by atoms with Gasteiger partial charge in [-0.2, -0.15) is 0 Å². The van der Waals surface area contributed by atoms with E-state index in [4.69, 9.17) is 25.8 Å². The van der Waals surface area contributed by atoms with E-state index in [0.717, 1.165) is 12.8 Å². The SMILES string of the molecule is CCS(=O)(=O)CCOC[C@@H]1CC[C@@H](Nc2ncnc3[nH]cc(C(=O)c4ccc(Oc5ccccc5)cc4Cl)c23)CO1. The van der Waals surface area contributed by atoms with Crippen LogP contribution in [0.5, 0.6) is 11.5 Å². The number of carbonyl (C=O) groups is 1. The Morgan fingerprint density at radius 3 is 2.68 bits per heavy atom. The Labute approximate surface area is 243 Å². The summed E-state index contributed by atoms with van der Waals surface area (Å²) in [5.41, 5.74) is 1.25. The van der Waals surface area contributed by atoms with Crippen molar-refractivity contribution < 1.29 is 27.4 Å². The quantitative estimate of drug-likeness (QED) is 0.170. The maximum absolute atomic E-state index is 13.6. The molecule has 0 aliphatic carbocycles. The van der Waals surface area contributed by atoms with E-state index in [-0.39, 0.29) is 41.1 Å². The van der Waals surface area contributed by atoms with Crippen molar-refractivity contribution in [2.75, 3.05) is 36.6 Å². The average Bonchev–Trinajstić information content (AvgIpc) is 3.42. The number of sulfone groups is 1. The van der Waals surface area contributed by atoms with Gasteiger partial charge in [-0.25, -0.2) is 18.4 Å². The fourth-order valence-corrected chi connectivity index (χ4v) is 5.47. The Hall–Kier alpha value is -3.51. The second-order valence-corrected chi connectivity index (χ2v) is 12.6. The number of fused-ring (bicyclic) bond motifs is 1. The van der Waals surface area contributed by atoms with E-state index < -0.39 is 9.84 Å². The number of ether oxygens (including phenoxy) is 3. The fourth-order valence-electron chi connectivity index (χ4n) is 4.55. The molecule has 1 fully saturated rings. The Bertz CT molecular complexity index is 1600. The highest BCUT2D eigenvalue weighted by molar-refractivity contribution is 7.91. The summed E-state index contributed by atoms with van der Waals surface area (Å²) < 4.78 is 40.5. The van der Waals surface area contributed by atoms with E-state index in [2.05, 4.69) is 20.3 Å². The number of hydrogen-bond donors (Lipinski definition) is 2. The molecule has 216 valence electrons. The molecule has 1 saturated heterocycles. The summed E-state index contributed by atoms with van der Waals surface area (Å²) in [6.45, 7) is 2.54. The lowest BCUT2D eigenvalue weighted by atomic mass is 10.0. The van der Waals surface area contributed by atoms with Gasteiger partial charge in [0.25, 0.3) is 0 Å². The maximum atomic E-state index is 13.6. The Kier molecular flexibility index (Phi) is 9.19. The van der Waals surface area contributed by atoms with Crippen LogP contribution >= 0.6 is 11.6 Å². The van der Waals surface area contributed by atoms with Crippen molar-refractivity contribution in [1.29, 1.82) is 0 Å². The molecule has 41 heavy (non-hydrogen) atoms. The molecular formula is C29H31ClN4O6S. The molecule has 0 amide bonds. The van der Waals surface area contributed by atoms with Crippen molar-refractivity contribution >= 4 is 44.1 Å². The van der Waals surface area contributed by atoms with Gasteiger partial charge in [0.1, 0.15) is 29.3 Å². The van der Waals surface area contributed by atoms with Crippen molar-refractivity contribution in [3.05, 3.63) is 77.2 Å². The molecule has 0 spiro atoms. The number of halogens is 1. The number of rotatable bonds is 12. The number of aromatic nitrogens is 3. The largest absolute Gasteiger partial charge is 0.457 e. The number of aromatic amines is 1. The third kappa shape index (κ3) is 7.23. The molecule has 2 atom stereocenters. The number of anilines is 1. The summed E-state index contributed by atoms with van der Waals surface area (Å²) in [6.07, 6.45) is 4.46. The molecule has 5 rings (SSSR count). The van der Waals surface area contributed by atoms with Crippen LogP contribution in [0.4, 0.5) is 5.82 Å². The highest BCUT2D eigenvalue weighted by atomic mass is 35.5. The molecule has 0 saturated carbocycles. The first-order valence-electron chi connectivity index (χ1n) is 13.4. The first-order chi connectivity index (χ1) is 19.8. The van der Waals surface area contributed by atoms with Crippen LogP contribution in [0.3, 0.4) is 0 Å². The first-order valence-corrected chi connectivity index (χ1v) is 15.6. The number of hydrogen-bond acceptors (Lipinski definition) is 9. The van der Waals surface area contributed by atoms with E-state index in [1.54, 1.807) is 31.3 Å². The van der Waals surface area contributed by atoms with Gasteiger partial charge in [-0.3, -0.25) is 4.79 Å². The minimum Gasteiger partial charge on any atom is -0.457 e. The topological polar surface area (TPSA) is 132 Å². The predicted molar refractivity (Wildman–Crippen MR) is 157 cm³/mol. The van der Waals surface area contributed by atoms with E-state index >= 15 is 0 Å². The zero-order chi connectivity index (χ0) is 28.8. The zero-order valence-electron chi connectivity index (χ0n) is 22.5. The van der Waals surface area contributed by atoms with Crippen LogP contribution in [0, 0.1) is 0 Å². The molecule has 1 aliphatic heterocycles. The highest BCUT2D eigenvalue weighted by Crippen LogP contribution is 2.32. The van der Waals surface area contributed by atoms with E-state index in [9.17, 15) is 13.2 Å². The lowest BCUT2D eigenvalue weighted by molar-refractivity contribution is -0.0419. The Balaban J connectivity index is 1.23. The summed E-state index contributed by atoms with van der Waals surface area (Å²) in [5.74, 6) is 1.56. The molecule has 4 aromatic rings. The minimum absolute atomic E-state index is 0.0126. The van der Waals surface area contributed by atoms with Crippen molar-refractivity contribution in [3.63, 3.8) is 0 Å². The van der Waals surface area contributed by atoms with Gasteiger partial charge in [-0.05, 0) is 37.1 Å². The molecular weight excluding hydrogens is 568 g/mol. The molecule has 2 aromatic heterocycles. The van der Waals surface area contributed by atoms with Gasteiger partial charge in [0.05, 0.1) is 53.7 Å². The smallest absolute Gasteiger partial charge is 0.196 e. The van der Waals surface area contributed by atoms with Crippen LogP contribution in [0.2, 0.25) is 5.02 Å². The van der Waals surface area contributed by atoms with Crippen LogP contribution in [0.1, 0.15) is 35.7 Å². The standard InChI is InChI=1S/C29H31ClN4O6S/c1-2-41(36,37)13-12-38-17-22-9-8-19(16-39-22)34-29-26-24(15-31-28(26)32-18-33-29)27(35)23-11-10-21(14-25(23)30)40-20-6-4-3-5-7-20/h3-7,10-11,14-15,18-19,22H,2,8-9,12-13,16-17H2,1H3,(H2,31,32,33,34)/t19-,22+/m1/s1. The molecule has 2 aromatic carbocycles. The lowest BCUT2D eigenvalue weighted by Crippen LogP contribution is -2.37. The van der Waals surface area contributed by atoms with Crippen molar-refractivity contribution in [2.45, 2.75) is 31.9 Å². The molecule has 3 heterocycles. The Morgan fingerprint density at radius 1 is 1.12 bits per heavy atom. The van der Waals surface area contributed by atoms with Crippen molar-refractivity contribution in [2.24, 2.45) is 0 Å². The molecule has 1 aliphatic rings. The summed E-state index contributed by atoms with van der Waals surface area (Å²) in [5, 5.41) is 4.24. The van der Waals surface area contributed by atoms with Crippen LogP contribution in [-0.2, 0) is 19.3 Å². The lowest BCUT2D eigenvalue weighted by Gasteiger charge is -2.30. The van der Waals surface area contributed by atoms with Gasteiger partial charge >= 0.3 is 0 Å². The van der Waals surface area contributed by atoms with E-state index in [0.29, 0.717) is 52.7 Å². The van der Waals surface area contributed by atoms with E-state index in [1.807, 2.05) is 30.3 Å². The first kappa shape index (κ1) is 29.0. The summed E-state index contributed by atoms with van der Waals surface area (Å²) >= 11 is 6.53. The van der Waals surface area contributed by atoms with Gasteiger partial charge in [-0.1, -0.05) is 36.7 Å². The van der Waals surface area contributed by atoms with Crippen molar-refractivity contribution in [3.8, 4) is 11.5 Å².